The lowest BCUT2D eigenvalue weighted by Crippen LogP contribution is -2.45. The minimum Gasteiger partial charge on any atom is -0.325 e. The van der Waals surface area contributed by atoms with Crippen molar-refractivity contribution in [3.63, 3.8) is 0 Å². The van der Waals surface area contributed by atoms with Gasteiger partial charge >= 0.3 is 0 Å². The van der Waals surface area contributed by atoms with Crippen LogP contribution in [0.25, 0.3) is 0 Å². The number of aromatic nitrogens is 3. The van der Waals surface area contributed by atoms with Crippen LogP contribution in [0.1, 0.15) is 12.0 Å². The van der Waals surface area contributed by atoms with Crippen molar-refractivity contribution in [2.24, 2.45) is 0 Å². The third kappa shape index (κ3) is 4.25. The molecule has 2 heterocycles. The number of anilines is 1. The van der Waals surface area contributed by atoms with E-state index in [1.807, 2.05) is 36.4 Å². The number of nitrogens with zero attached hydrogens (tertiary/aromatic N) is 4. The Kier molecular flexibility index (Phi) is 5.89. The lowest BCUT2D eigenvalue weighted by Gasteiger charge is -2.27. The number of thioether (sulfide) groups is 1. The van der Waals surface area contributed by atoms with Crippen molar-refractivity contribution in [3.8, 4) is 0 Å². The van der Waals surface area contributed by atoms with Crippen molar-refractivity contribution >= 4 is 35.2 Å². The number of hydrogen-bond donors (Lipinski definition) is 1. The van der Waals surface area contributed by atoms with Gasteiger partial charge in [-0.15, -0.1) is 0 Å². The summed E-state index contributed by atoms with van der Waals surface area (Å²) in [6, 6.07) is 17.3. The molecule has 0 radical (unpaired) electrons. The van der Waals surface area contributed by atoms with Crippen molar-refractivity contribution < 1.29 is 14.4 Å². The third-order valence-corrected chi connectivity index (χ3v) is 5.62. The van der Waals surface area contributed by atoms with E-state index < -0.39 is 6.04 Å². The minimum absolute atomic E-state index is 0.0424. The fourth-order valence-electron chi connectivity index (χ4n) is 3.34. The molecule has 1 aliphatic heterocycles. The number of amides is 3. The summed E-state index contributed by atoms with van der Waals surface area (Å²) in [5, 5.41) is 6.98. The number of hydrogen-bond acceptors (Lipinski definition) is 6. The Labute approximate surface area is 177 Å². The molecule has 1 fully saturated rings. The number of nitrogens with one attached hydrogen (secondary N) is 1. The van der Waals surface area contributed by atoms with Crippen molar-refractivity contribution in [1.29, 1.82) is 0 Å². The van der Waals surface area contributed by atoms with Crippen LogP contribution in [0.2, 0.25) is 0 Å². The van der Waals surface area contributed by atoms with Gasteiger partial charge in [0.2, 0.25) is 11.8 Å². The first-order valence-corrected chi connectivity index (χ1v) is 10.4. The summed E-state index contributed by atoms with van der Waals surface area (Å²) in [4.78, 5) is 45.6. The van der Waals surface area contributed by atoms with Crippen LogP contribution in [0.5, 0.6) is 0 Å². The van der Waals surface area contributed by atoms with Crippen LogP contribution in [-0.4, -0.2) is 49.6 Å². The van der Waals surface area contributed by atoms with E-state index in [4.69, 9.17) is 0 Å². The maximum Gasteiger partial charge on any atom is 0.257 e. The number of benzene rings is 2. The molecule has 2 aromatic carbocycles. The molecule has 0 bridgehead atoms. The molecule has 0 spiro atoms. The Morgan fingerprint density at radius 2 is 1.80 bits per heavy atom. The van der Waals surface area contributed by atoms with Crippen LogP contribution in [0.15, 0.2) is 72.1 Å². The maximum atomic E-state index is 13.2. The second-order valence-corrected chi connectivity index (χ2v) is 7.67. The molecule has 152 valence electrons. The van der Waals surface area contributed by atoms with E-state index in [2.05, 4.69) is 15.2 Å². The molecule has 0 aliphatic carbocycles. The first-order chi connectivity index (χ1) is 14.6. The summed E-state index contributed by atoms with van der Waals surface area (Å²) in [6.45, 7) is 0.239. The molecule has 1 N–H and O–H groups in total. The SMILES string of the molecule is O=C1CC(N(Cc2ccccc2)C(=O)CSc2ncn[nH]2)C(=O)N1c1ccccc1. The molecule has 1 aliphatic rings. The van der Waals surface area contributed by atoms with Gasteiger partial charge in [-0.1, -0.05) is 60.3 Å². The largest absolute Gasteiger partial charge is 0.325 e. The van der Waals surface area contributed by atoms with E-state index in [1.54, 1.807) is 24.3 Å². The van der Waals surface area contributed by atoms with Crippen molar-refractivity contribution in [1.82, 2.24) is 20.1 Å². The second kappa shape index (κ2) is 8.91. The quantitative estimate of drug-likeness (QED) is 0.464. The Bertz CT molecular complexity index is 1030. The first kappa shape index (κ1) is 19.8. The van der Waals surface area contributed by atoms with Crippen molar-refractivity contribution in [2.45, 2.75) is 24.2 Å². The molecule has 1 aromatic heterocycles. The van der Waals surface area contributed by atoms with Crippen LogP contribution in [0.3, 0.4) is 0 Å². The number of imide groups is 1. The van der Waals surface area contributed by atoms with Crippen LogP contribution < -0.4 is 4.90 Å². The Hall–Kier alpha value is -3.46. The molecular weight excluding hydrogens is 402 g/mol. The average molecular weight is 421 g/mol. The predicted molar refractivity (Wildman–Crippen MR) is 111 cm³/mol. The zero-order chi connectivity index (χ0) is 20.9. The minimum atomic E-state index is -0.847. The number of rotatable bonds is 7. The van der Waals surface area contributed by atoms with Crippen LogP contribution in [0, 0.1) is 0 Å². The predicted octanol–water partition coefficient (Wildman–Crippen LogP) is 2.26. The van der Waals surface area contributed by atoms with Gasteiger partial charge in [-0.05, 0) is 17.7 Å². The average Bonchev–Trinajstić information content (AvgIpc) is 3.39. The van der Waals surface area contributed by atoms with Gasteiger partial charge < -0.3 is 4.90 Å². The zero-order valence-electron chi connectivity index (χ0n) is 16.0. The highest BCUT2D eigenvalue weighted by atomic mass is 32.2. The highest BCUT2D eigenvalue weighted by molar-refractivity contribution is 7.99. The summed E-state index contributed by atoms with van der Waals surface area (Å²) < 4.78 is 0. The normalized spacial score (nSPS) is 16.1. The molecule has 1 atom stereocenters. The van der Waals surface area contributed by atoms with Crippen molar-refractivity contribution in [2.75, 3.05) is 10.7 Å². The van der Waals surface area contributed by atoms with Crippen LogP contribution in [0.4, 0.5) is 5.69 Å². The van der Waals surface area contributed by atoms with Crippen LogP contribution in [-0.2, 0) is 20.9 Å². The zero-order valence-corrected chi connectivity index (χ0v) is 16.8. The first-order valence-electron chi connectivity index (χ1n) is 9.37. The molecule has 1 unspecified atom stereocenters. The van der Waals surface area contributed by atoms with E-state index >= 15 is 0 Å². The molecule has 1 saturated heterocycles. The van der Waals surface area contributed by atoms with Crippen LogP contribution >= 0.6 is 11.8 Å². The molecule has 8 nitrogen and oxygen atoms in total. The van der Waals surface area contributed by atoms with Crippen molar-refractivity contribution in [3.05, 3.63) is 72.6 Å². The standard InChI is InChI=1S/C21H19N5O3S/c27-18-11-17(20(29)26(18)16-9-5-2-6-10-16)25(12-15-7-3-1-4-8-15)19(28)13-30-21-22-14-23-24-21/h1-10,14,17H,11-13H2,(H,22,23,24). The summed E-state index contributed by atoms with van der Waals surface area (Å²) in [7, 11) is 0. The van der Waals surface area contributed by atoms with E-state index in [1.165, 1.54) is 27.9 Å². The Balaban J connectivity index is 1.57. The van der Waals surface area contributed by atoms with Gasteiger partial charge in [-0.3, -0.25) is 19.5 Å². The molecular formula is C21H19N5O3S. The maximum absolute atomic E-state index is 13.2. The number of aromatic amines is 1. The molecule has 3 amide bonds. The number of para-hydroxylation sites is 1. The topological polar surface area (TPSA) is 99.3 Å². The molecule has 3 aromatic rings. The van der Waals surface area contributed by atoms with E-state index in [-0.39, 0.29) is 36.4 Å². The molecule has 0 saturated carbocycles. The van der Waals surface area contributed by atoms with Gasteiger partial charge in [0.15, 0.2) is 5.16 Å². The highest BCUT2D eigenvalue weighted by Gasteiger charge is 2.44. The second-order valence-electron chi connectivity index (χ2n) is 6.71. The molecule has 9 heteroatoms. The lowest BCUT2D eigenvalue weighted by atomic mass is 10.1. The summed E-state index contributed by atoms with van der Waals surface area (Å²) in [6.07, 6.45) is 1.32. The molecule has 4 rings (SSSR count). The summed E-state index contributed by atoms with van der Waals surface area (Å²) >= 11 is 1.20. The smallest absolute Gasteiger partial charge is 0.257 e. The van der Waals surface area contributed by atoms with Gasteiger partial charge in [0.25, 0.3) is 5.91 Å². The van der Waals surface area contributed by atoms with Gasteiger partial charge in [0.1, 0.15) is 12.4 Å². The van der Waals surface area contributed by atoms with Gasteiger partial charge in [0.05, 0.1) is 17.9 Å². The summed E-state index contributed by atoms with van der Waals surface area (Å²) in [5.74, 6) is -0.878. The monoisotopic (exact) mass is 421 g/mol. The Morgan fingerprint density at radius 1 is 1.10 bits per heavy atom. The highest BCUT2D eigenvalue weighted by Crippen LogP contribution is 2.27. The fourth-order valence-corrected chi connectivity index (χ4v) is 4.00. The number of H-pyrrole nitrogens is 1. The third-order valence-electron chi connectivity index (χ3n) is 4.75. The lowest BCUT2D eigenvalue weighted by molar-refractivity contribution is -0.136. The van der Waals surface area contributed by atoms with E-state index in [9.17, 15) is 14.4 Å². The fraction of sp³-hybridized carbons (Fsp3) is 0.190. The molecule has 30 heavy (non-hydrogen) atoms. The Morgan fingerprint density at radius 3 is 2.47 bits per heavy atom. The van der Waals surface area contributed by atoms with E-state index in [0.717, 1.165) is 5.56 Å². The van der Waals surface area contributed by atoms with E-state index in [0.29, 0.717) is 10.8 Å². The van der Waals surface area contributed by atoms with Gasteiger partial charge in [0, 0.05) is 6.54 Å². The number of carbonyl (C=O) groups excluding carboxylic acids is 3. The van der Waals surface area contributed by atoms with Gasteiger partial charge in [-0.2, -0.15) is 5.10 Å². The van der Waals surface area contributed by atoms with Gasteiger partial charge in [-0.25, -0.2) is 9.88 Å². The summed E-state index contributed by atoms with van der Waals surface area (Å²) in [5.41, 5.74) is 1.40. The number of carbonyl (C=O) groups is 3.